The summed E-state index contributed by atoms with van der Waals surface area (Å²) in [5, 5.41) is 24.8. The van der Waals surface area contributed by atoms with Crippen LogP contribution in [0.25, 0.3) is 0 Å². The molecule has 0 saturated carbocycles. The number of aliphatic imine (C=N–C) groups is 1. The molecule has 7 nitrogen and oxygen atoms in total. The number of nitrogens with zero attached hydrogens (tertiary/aromatic N) is 2. The van der Waals surface area contributed by atoms with E-state index in [1.807, 2.05) is 31.0 Å². The lowest BCUT2D eigenvalue weighted by molar-refractivity contribution is -0.117. The summed E-state index contributed by atoms with van der Waals surface area (Å²) in [5.74, 6) is -0.310. The molecule has 2 aliphatic rings. The number of hydrogen-bond acceptors (Lipinski definition) is 6. The molecule has 0 fully saturated rings. The maximum absolute atomic E-state index is 12.8. The van der Waals surface area contributed by atoms with E-state index in [4.69, 9.17) is 10.1 Å². The molecule has 2 heterocycles. The van der Waals surface area contributed by atoms with Crippen molar-refractivity contribution in [1.29, 1.82) is 0 Å². The minimum atomic E-state index is -0.988. The summed E-state index contributed by atoms with van der Waals surface area (Å²) in [5.41, 5.74) is 7.84. The largest absolute Gasteiger partial charge is 0.394 e. The Kier molecular flexibility index (Phi) is 7.30. The van der Waals surface area contributed by atoms with Gasteiger partial charge in [0.15, 0.2) is 0 Å². The van der Waals surface area contributed by atoms with Gasteiger partial charge in [-0.3, -0.25) is 9.79 Å². The summed E-state index contributed by atoms with van der Waals surface area (Å²) < 4.78 is 0. The zero-order valence-corrected chi connectivity index (χ0v) is 18.7. The molecule has 7 heteroatoms. The van der Waals surface area contributed by atoms with E-state index in [1.54, 1.807) is 0 Å². The van der Waals surface area contributed by atoms with Crippen LogP contribution in [-0.4, -0.2) is 52.5 Å². The number of aryl methyl sites for hydroxylation is 2. The van der Waals surface area contributed by atoms with Gasteiger partial charge >= 0.3 is 0 Å². The van der Waals surface area contributed by atoms with Gasteiger partial charge in [0.1, 0.15) is 0 Å². The molecule has 4 N–H and O–H groups in total. The molecule has 166 valence electrons. The predicted molar refractivity (Wildman–Crippen MR) is 122 cm³/mol. The lowest BCUT2D eigenvalue weighted by atomic mass is 10.00. The minimum absolute atomic E-state index is 0.0128. The highest BCUT2D eigenvalue weighted by Gasteiger charge is 2.25. The number of hydrogen-bond donors (Lipinski definition) is 4. The third kappa shape index (κ3) is 5.24. The average Bonchev–Trinajstić information content (AvgIpc) is 2.92. The summed E-state index contributed by atoms with van der Waals surface area (Å²) in [6.07, 6.45) is 3.59. The van der Waals surface area contributed by atoms with Gasteiger partial charge in [-0.05, 0) is 50.0 Å². The Labute approximate surface area is 183 Å². The lowest BCUT2D eigenvalue weighted by Gasteiger charge is -2.27. The van der Waals surface area contributed by atoms with Gasteiger partial charge in [-0.1, -0.05) is 25.1 Å². The van der Waals surface area contributed by atoms with E-state index in [-0.39, 0.29) is 12.5 Å². The van der Waals surface area contributed by atoms with E-state index >= 15 is 0 Å². The SMILES string of the molecule is CCc1cccc(C)c1CNC1=CC(C(=O)NCC(O)CO)=CN2CC1=NC(C)=C2C. The third-order valence-corrected chi connectivity index (χ3v) is 5.80. The molecular formula is C24H32N4O3. The smallest absolute Gasteiger partial charge is 0.252 e. The first-order valence-corrected chi connectivity index (χ1v) is 10.7. The first-order chi connectivity index (χ1) is 14.8. The average molecular weight is 425 g/mol. The Morgan fingerprint density at radius 1 is 1.29 bits per heavy atom. The maximum atomic E-state index is 12.8. The van der Waals surface area contributed by atoms with Gasteiger partial charge in [0.2, 0.25) is 0 Å². The minimum Gasteiger partial charge on any atom is -0.394 e. The molecule has 1 aromatic rings. The van der Waals surface area contributed by atoms with E-state index < -0.39 is 12.7 Å². The Hall–Kier alpha value is -2.90. The number of carbonyl (C=O) groups excluding carboxylic acids is 1. The number of amides is 1. The van der Waals surface area contributed by atoms with Crippen LogP contribution in [0.1, 0.15) is 37.5 Å². The van der Waals surface area contributed by atoms with Crippen LogP contribution in [0.2, 0.25) is 0 Å². The van der Waals surface area contributed by atoms with Crippen LogP contribution in [0.4, 0.5) is 0 Å². The zero-order valence-electron chi connectivity index (χ0n) is 18.7. The van der Waals surface area contributed by atoms with Crippen molar-refractivity contribution in [3.05, 3.63) is 69.8 Å². The summed E-state index contributed by atoms with van der Waals surface area (Å²) in [6.45, 7) is 9.01. The van der Waals surface area contributed by atoms with Gasteiger partial charge in [-0.2, -0.15) is 0 Å². The Balaban J connectivity index is 1.90. The number of carbonyl (C=O) groups is 1. The van der Waals surface area contributed by atoms with Gasteiger partial charge < -0.3 is 25.7 Å². The second-order valence-electron chi connectivity index (χ2n) is 7.97. The fourth-order valence-electron chi connectivity index (χ4n) is 3.72. The van der Waals surface area contributed by atoms with Crippen molar-refractivity contribution in [3.63, 3.8) is 0 Å². The summed E-state index contributed by atoms with van der Waals surface area (Å²) in [6, 6.07) is 6.33. The van der Waals surface area contributed by atoms with E-state index in [9.17, 15) is 9.90 Å². The van der Waals surface area contributed by atoms with E-state index in [1.165, 1.54) is 16.7 Å². The molecule has 31 heavy (non-hydrogen) atoms. The Morgan fingerprint density at radius 2 is 2.06 bits per heavy atom. The van der Waals surface area contributed by atoms with Crippen molar-refractivity contribution < 1.29 is 15.0 Å². The summed E-state index contributed by atoms with van der Waals surface area (Å²) >= 11 is 0. The maximum Gasteiger partial charge on any atom is 0.252 e. The second kappa shape index (κ2) is 9.94. The zero-order chi connectivity index (χ0) is 22.5. The third-order valence-electron chi connectivity index (χ3n) is 5.80. The number of allylic oxidation sites excluding steroid dienone is 2. The summed E-state index contributed by atoms with van der Waals surface area (Å²) in [7, 11) is 0. The van der Waals surface area contributed by atoms with Crippen molar-refractivity contribution in [3.8, 4) is 0 Å². The van der Waals surface area contributed by atoms with Crippen molar-refractivity contribution in [2.45, 2.75) is 46.8 Å². The monoisotopic (exact) mass is 424 g/mol. The number of fused-ring (bicyclic) bond motifs is 2. The van der Waals surface area contributed by atoms with Gasteiger partial charge in [0.05, 0.1) is 41.9 Å². The van der Waals surface area contributed by atoms with E-state index in [0.29, 0.717) is 18.7 Å². The summed E-state index contributed by atoms with van der Waals surface area (Å²) in [4.78, 5) is 19.6. The highest BCUT2D eigenvalue weighted by molar-refractivity contribution is 6.06. The van der Waals surface area contributed by atoms with Crippen LogP contribution in [-0.2, 0) is 17.8 Å². The highest BCUT2D eigenvalue weighted by atomic mass is 16.3. The Bertz CT molecular complexity index is 975. The van der Waals surface area contributed by atoms with Gasteiger partial charge in [-0.15, -0.1) is 0 Å². The molecule has 0 radical (unpaired) electrons. The topological polar surface area (TPSA) is 97.2 Å². The second-order valence-corrected chi connectivity index (χ2v) is 7.97. The van der Waals surface area contributed by atoms with Gasteiger partial charge in [0.25, 0.3) is 5.91 Å². The molecule has 1 amide bonds. The van der Waals surface area contributed by atoms with Crippen LogP contribution in [0.15, 0.2) is 58.1 Å². The fraction of sp³-hybridized carbons (Fsp3) is 0.417. The molecule has 1 unspecified atom stereocenters. The molecule has 1 aromatic carbocycles. The standard InChI is InChI=1S/C24H32N4O3/c1-5-18-8-6-7-15(2)21(18)11-25-22-9-19(24(31)26-10-20(30)14-29)12-28-13-23(22)27-16(3)17(28)4/h6-9,12,20,25,29-30H,5,10-11,13-14H2,1-4H3,(H,26,31). The molecule has 3 rings (SSSR count). The van der Waals surface area contributed by atoms with Gasteiger partial charge in [-0.25, -0.2) is 0 Å². The normalized spacial score (nSPS) is 16.8. The van der Waals surface area contributed by atoms with Crippen molar-refractivity contribution in [2.75, 3.05) is 19.7 Å². The van der Waals surface area contributed by atoms with Crippen molar-refractivity contribution in [1.82, 2.24) is 15.5 Å². The molecule has 0 spiro atoms. The number of nitrogens with one attached hydrogen (secondary N) is 2. The number of aliphatic hydroxyl groups excluding tert-OH is 2. The number of rotatable bonds is 8. The first kappa shape index (κ1) is 22.8. The fourth-order valence-corrected chi connectivity index (χ4v) is 3.72. The van der Waals surface area contributed by atoms with Crippen LogP contribution in [0, 0.1) is 6.92 Å². The van der Waals surface area contributed by atoms with Crippen LogP contribution >= 0.6 is 0 Å². The molecule has 0 aliphatic carbocycles. The van der Waals surface area contributed by atoms with Gasteiger partial charge in [0, 0.05) is 25.0 Å². The van der Waals surface area contributed by atoms with Crippen molar-refractivity contribution >= 4 is 11.6 Å². The number of benzene rings is 1. The van der Waals surface area contributed by atoms with Crippen molar-refractivity contribution in [2.24, 2.45) is 4.99 Å². The molecule has 0 aromatic heterocycles. The van der Waals surface area contributed by atoms with E-state index in [2.05, 4.69) is 42.7 Å². The molecule has 1 atom stereocenters. The number of aliphatic hydroxyl groups is 2. The van der Waals surface area contributed by atoms with Crippen LogP contribution in [0.3, 0.4) is 0 Å². The molecule has 0 saturated heterocycles. The first-order valence-electron chi connectivity index (χ1n) is 10.7. The Morgan fingerprint density at radius 3 is 2.77 bits per heavy atom. The molecular weight excluding hydrogens is 392 g/mol. The lowest BCUT2D eigenvalue weighted by Crippen LogP contribution is -2.35. The van der Waals surface area contributed by atoms with Crippen LogP contribution < -0.4 is 10.6 Å². The predicted octanol–water partition coefficient (Wildman–Crippen LogP) is 1.91. The quantitative estimate of drug-likeness (QED) is 0.511. The molecule has 2 bridgehead atoms. The highest BCUT2D eigenvalue weighted by Crippen LogP contribution is 2.24. The van der Waals surface area contributed by atoms with E-state index in [0.717, 1.165) is 29.2 Å². The molecule has 2 aliphatic heterocycles. The van der Waals surface area contributed by atoms with Crippen LogP contribution in [0.5, 0.6) is 0 Å².